The first-order valence-corrected chi connectivity index (χ1v) is 7.37. The first kappa shape index (κ1) is 16.1. The van der Waals surface area contributed by atoms with Gasteiger partial charge in [-0.05, 0) is 48.4 Å². The van der Waals surface area contributed by atoms with Crippen molar-refractivity contribution in [1.29, 1.82) is 0 Å². The summed E-state index contributed by atoms with van der Waals surface area (Å²) in [6.45, 7) is 2.61. The lowest BCUT2D eigenvalue weighted by molar-refractivity contribution is -0.137. The molecule has 0 N–H and O–H groups in total. The topological polar surface area (TPSA) is 35.5 Å². The summed E-state index contributed by atoms with van der Waals surface area (Å²) in [4.78, 5) is 11.2. The summed E-state index contributed by atoms with van der Waals surface area (Å²) in [5, 5.41) is 0.695. The monoisotopic (exact) mass is 316 g/mol. The van der Waals surface area contributed by atoms with E-state index in [1.165, 1.54) is 6.08 Å². The summed E-state index contributed by atoms with van der Waals surface area (Å²) in [6, 6.07) is 15.0. The van der Waals surface area contributed by atoms with Crippen molar-refractivity contribution in [2.75, 3.05) is 6.61 Å². The Hall–Kier alpha value is -2.26. The van der Waals surface area contributed by atoms with Crippen LogP contribution < -0.4 is 4.74 Å². The van der Waals surface area contributed by atoms with Crippen LogP contribution in [0.1, 0.15) is 18.1 Å². The lowest BCUT2D eigenvalue weighted by Gasteiger charge is -2.06. The molecule has 0 aliphatic carbocycles. The predicted molar refractivity (Wildman–Crippen MR) is 87.9 cm³/mol. The fourth-order valence-corrected chi connectivity index (χ4v) is 2.04. The molecule has 2 aromatic carbocycles. The molecule has 0 radical (unpaired) electrons. The van der Waals surface area contributed by atoms with Crippen molar-refractivity contribution in [3.63, 3.8) is 0 Å². The van der Waals surface area contributed by atoms with E-state index < -0.39 is 0 Å². The molecule has 2 aromatic rings. The minimum atomic E-state index is -0.344. The van der Waals surface area contributed by atoms with Gasteiger partial charge in [0.15, 0.2) is 0 Å². The predicted octanol–water partition coefficient (Wildman–Crippen LogP) is 4.50. The minimum Gasteiger partial charge on any atom is -0.489 e. The number of rotatable bonds is 6. The van der Waals surface area contributed by atoms with Gasteiger partial charge in [0.25, 0.3) is 0 Å². The summed E-state index contributed by atoms with van der Waals surface area (Å²) in [5.74, 6) is 0.414. The highest BCUT2D eigenvalue weighted by molar-refractivity contribution is 6.30. The summed E-state index contributed by atoms with van der Waals surface area (Å²) in [7, 11) is 0. The zero-order valence-corrected chi connectivity index (χ0v) is 13.0. The van der Waals surface area contributed by atoms with Gasteiger partial charge in [-0.15, -0.1) is 0 Å². The Bertz CT molecular complexity index is 648. The molecule has 0 unspecified atom stereocenters. The van der Waals surface area contributed by atoms with E-state index in [2.05, 4.69) is 0 Å². The molecule has 0 saturated carbocycles. The highest BCUT2D eigenvalue weighted by Gasteiger charge is 1.98. The van der Waals surface area contributed by atoms with Gasteiger partial charge in [-0.1, -0.05) is 35.9 Å². The molecule has 0 saturated heterocycles. The van der Waals surface area contributed by atoms with Crippen LogP contribution in [-0.4, -0.2) is 12.6 Å². The van der Waals surface area contributed by atoms with Gasteiger partial charge in [-0.25, -0.2) is 4.79 Å². The number of halogens is 1. The third-order valence-electron chi connectivity index (χ3n) is 2.87. The number of carbonyl (C=O) groups is 1. The van der Waals surface area contributed by atoms with E-state index in [1.54, 1.807) is 13.0 Å². The molecule has 3 nitrogen and oxygen atoms in total. The molecule has 114 valence electrons. The summed E-state index contributed by atoms with van der Waals surface area (Å²) < 4.78 is 10.5. The highest BCUT2D eigenvalue weighted by atomic mass is 35.5. The highest BCUT2D eigenvalue weighted by Crippen LogP contribution is 2.16. The fourth-order valence-electron chi connectivity index (χ4n) is 1.82. The normalized spacial score (nSPS) is 10.6. The van der Waals surface area contributed by atoms with Crippen LogP contribution in [0.4, 0.5) is 0 Å². The molecular weight excluding hydrogens is 300 g/mol. The zero-order chi connectivity index (χ0) is 15.8. The van der Waals surface area contributed by atoms with Crippen LogP contribution >= 0.6 is 11.6 Å². The van der Waals surface area contributed by atoms with Gasteiger partial charge >= 0.3 is 5.97 Å². The molecule has 0 aromatic heterocycles. The van der Waals surface area contributed by atoms with Crippen molar-refractivity contribution >= 4 is 23.6 Å². The standard InChI is InChI=1S/C18H17ClO3/c1-2-21-18(20)11-8-14-6-9-17(10-7-14)22-13-15-4-3-5-16(19)12-15/h3-12H,2,13H2,1H3/b11-8+. The summed E-state index contributed by atoms with van der Waals surface area (Å²) in [6.07, 6.45) is 3.12. The molecule has 0 heterocycles. The zero-order valence-electron chi connectivity index (χ0n) is 12.3. The maximum Gasteiger partial charge on any atom is 0.330 e. The average Bonchev–Trinajstić information content (AvgIpc) is 2.52. The smallest absolute Gasteiger partial charge is 0.330 e. The van der Waals surface area contributed by atoms with Gasteiger partial charge in [0.1, 0.15) is 12.4 Å². The van der Waals surface area contributed by atoms with E-state index in [0.717, 1.165) is 16.9 Å². The van der Waals surface area contributed by atoms with Crippen LogP contribution in [0.25, 0.3) is 6.08 Å². The Morgan fingerprint density at radius 2 is 1.95 bits per heavy atom. The van der Waals surface area contributed by atoms with Gasteiger partial charge in [0.05, 0.1) is 6.61 Å². The lowest BCUT2D eigenvalue weighted by Crippen LogP contribution is -1.98. The molecule has 4 heteroatoms. The van der Waals surface area contributed by atoms with Crippen molar-refractivity contribution in [2.24, 2.45) is 0 Å². The van der Waals surface area contributed by atoms with Crippen LogP contribution in [0.5, 0.6) is 5.75 Å². The van der Waals surface area contributed by atoms with Crippen molar-refractivity contribution in [1.82, 2.24) is 0 Å². The van der Waals surface area contributed by atoms with Crippen LogP contribution in [0, 0.1) is 0 Å². The van der Waals surface area contributed by atoms with Crippen molar-refractivity contribution in [3.05, 3.63) is 70.8 Å². The maximum absolute atomic E-state index is 11.2. The number of ether oxygens (including phenoxy) is 2. The fraction of sp³-hybridized carbons (Fsp3) is 0.167. The third kappa shape index (κ3) is 5.26. The lowest BCUT2D eigenvalue weighted by atomic mass is 10.2. The molecule has 22 heavy (non-hydrogen) atoms. The minimum absolute atomic E-state index is 0.344. The van der Waals surface area contributed by atoms with E-state index in [4.69, 9.17) is 21.1 Å². The van der Waals surface area contributed by atoms with Crippen molar-refractivity contribution < 1.29 is 14.3 Å². The molecule has 0 bridgehead atoms. The SMILES string of the molecule is CCOC(=O)/C=C/c1ccc(OCc2cccc(Cl)c2)cc1. The Kier molecular flexibility index (Phi) is 6.04. The quantitative estimate of drug-likeness (QED) is 0.581. The van der Waals surface area contributed by atoms with Crippen LogP contribution in [0.2, 0.25) is 5.02 Å². The van der Waals surface area contributed by atoms with E-state index in [0.29, 0.717) is 18.2 Å². The maximum atomic E-state index is 11.2. The number of benzene rings is 2. The first-order valence-electron chi connectivity index (χ1n) is 6.99. The Balaban J connectivity index is 1.90. The summed E-state index contributed by atoms with van der Waals surface area (Å²) >= 11 is 5.93. The van der Waals surface area contributed by atoms with E-state index in [1.807, 2.05) is 48.5 Å². The second-order valence-corrected chi connectivity index (χ2v) is 5.01. The Morgan fingerprint density at radius 1 is 1.18 bits per heavy atom. The van der Waals surface area contributed by atoms with Crippen molar-refractivity contribution in [3.8, 4) is 5.75 Å². The number of carbonyl (C=O) groups excluding carboxylic acids is 1. The van der Waals surface area contributed by atoms with Crippen molar-refractivity contribution in [2.45, 2.75) is 13.5 Å². The van der Waals surface area contributed by atoms with Crippen LogP contribution in [0.3, 0.4) is 0 Å². The number of hydrogen-bond donors (Lipinski definition) is 0. The first-order chi connectivity index (χ1) is 10.7. The van der Waals surface area contributed by atoms with E-state index in [-0.39, 0.29) is 5.97 Å². The molecule has 0 fully saturated rings. The van der Waals surface area contributed by atoms with Crippen LogP contribution in [0.15, 0.2) is 54.6 Å². The molecule has 2 rings (SSSR count). The largest absolute Gasteiger partial charge is 0.489 e. The molecule has 0 aliphatic rings. The van der Waals surface area contributed by atoms with Gasteiger partial charge < -0.3 is 9.47 Å². The molecule has 0 spiro atoms. The van der Waals surface area contributed by atoms with E-state index >= 15 is 0 Å². The Morgan fingerprint density at radius 3 is 2.64 bits per heavy atom. The average molecular weight is 317 g/mol. The van der Waals surface area contributed by atoms with E-state index in [9.17, 15) is 4.79 Å². The molecule has 0 amide bonds. The van der Waals surface area contributed by atoms with Gasteiger partial charge in [-0.2, -0.15) is 0 Å². The van der Waals surface area contributed by atoms with Gasteiger partial charge in [0.2, 0.25) is 0 Å². The molecule has 0 atom stereocenters. The number of hydrogen-bond acceptors (Lipinski definition) is 3. The second-order valence-electron chi connectivity index (χ2n) is 4.57. The summed E-state index contributed by atoms with van der Waals surface area (Å²) in [5.41, 5.74) is 1.92. The third-order valence-corrected chi connectivity index (χ3v) is 3.11. The number of esters is 1. The van der Waals surface area contributed by atoms with Gasteiger partial charge in [-0.3, -0.25) is 0 Å². The molecular formula is C18H17ClO3. The van der Waals surface area contributed by atoms with Crippen LogP contribution in [-0.2, 0) is 16.1 Å². The van der Waals surface area contributed by atoms with Gasteiger partial charge in [0, 0.05) is 11.1 Å². The Labute approximate surface area is 135 Å². The molecule has 0 aliphatic heterocycles. The second kappa shape index (κ2) is 8.25.